The van der Waals surface area contributed by atoms with Gasteiger partial charge in [-0.2, -0.15) is 0 Å². The van der Waals surface area contributed by atoms with E-state index in [9.17, 15) is 4.57 Å². The Morgan fingerprint density at radius 2 is 1.14 bits per heavy atom. The Morgan fingerprint density at radius 3 is 1.46 bits per heavy atom. The van der Waals surface area contributed by atoms with E-state index in [0.29, 0.717) is 17.9 Å². The van der Waals surface area contributed by atoms with E-state index in [2.05, 4.69) is 79.7 Å². The van der Waals surface area contributed by atoms with E-state index in [1.165, 1.54) is 0 Å². The van der Waals surface area contributed by atoms with Crippen LogP contribution in [0.5, 0.6) is 11.5 Å². The molecule has 0 saturated carbocycles. The summed E-state index contributed by atoms with van der Waals surface area (Å²) in [5, 5.41) is 0. The van der Waals surface area contributed by atoms with Crippen molar-refractivity contribution in [3.63, 3.8) is 0 Å². The third kappa shape index (κ3) is 4.26. The molecule has 0 aliphatic carbocycles. The predicted molar refractivity (Wildman–Crippen MR) is 117 cm³/mol. The lowest BCUT2D eigenvalue weighted by atomic mass is 9.81. The van der Waals surface area contributed by atoms with Gasteiger partial charge in [-0.1, -0.05) is 76.9 Å². The molecule has 0 saturated heterocycles. The van der Waals surface area contributed by atoms with E-state index in [1.807, 2.05) is 0 Å². The largest absolute Gasteiger partial charge is 0.530 e. The number of aryl methyl sites for hydroxylation is 2. The standard InChI is InChI=1S/C23H30ClO3P/c1-14-9-16-13-17-10-15(2)12-19(23(6,7)8)21(17)27-28(24,25)26-20(16)18(11-14)22(3,4)5/h9-12H,13H2,1-8H3. The summed E-state index contributed by atoms with van der Waals surface area (Å²) < 4.78 is 25.0. The van der Waals surface area contributed by atoms with E-state index < -0.39 is 6.95 Å². The molecule has 1 aliphatic rings. The molecule has 0 fully saturated rings. The molecule has 1 heterocycles. The van der Waals surface area contributed by atoms with Crippen LogP contribution in [0.3, 0.4) is 0 Å². The Morgan fingerprint density at radius 1 is 0.786 bits per heavy atom. The molecule has 1 aliphatic heterocycles. The van der Waals surface area contributed by atoms with Crippen LogP contribution in [-0.2, 0) is 21.8 Å². The van der Waals surface area contributed by atoms with Gasteiger partial charge in [0.15, 0.2) is 0 Å². The summed E-state index contributed by atoms with van der Waals surface area (Å²) in [6.07, 6.45) is 0.636. The molecule has 0 aromatic heterocycles. The molecule has 2 aromatic carbocycles. The van der Waals surface area contributed by atoms with Gasteiger partial charge in [-0.15, -0.1) is 0 Å². The van der Waals surface area contributed by atoms with Crippen LogP contribution in [-0.4, -0.2) is 0 Å². The highest BCUT2D eigenvalue weighted by Crippen LogP contribution is 2.59. The lowest BCUT2D eigenvalue weighted by molar-refractivity contribution is 0.387. The van der Waals surface area contributed by atoms with Gasteiger partial charge in [0.05, 0.1) is 0 Å². The first-order valence-electron chi connectivity index (χ1n) is 9.64. The summed E-state index contributed by atoms with van der Waals surface area (Å²) in [6.45, 7) is 12.9. The van der Waals surface area contributed by atoms with E-state index >= 15 is 0 Å². The van der Waals surface area contributed by atoms with E-state index in [0.717, 1.165) is 33.4 Å². The fourth-order valence-electron chi connectivity index (χ4n) is 3.73. The lowest BCUT2D eigenvalue weighted by Crippen LogP contribution is -2.18. The van der Waals surface area contributed by atoms with Gasteiger partial charge in [0.1, 0.15) is 11.5 Å². The van der Waals surface area contributed by atoms with Gasteiger partial charge in [0, 0.05) is 28.8 Å². The third-order valence-corrected chi connectivity index (χ3v) is 6.23. The fourth-order valence-corrected chi connectivity index (χ4v) is 5.05. The first-order chi connectivity index (χ1) is 12.7. The number of fused-ring (bicyclic) bond motifs is 2. The van der Waals surface area contributed by atoms with Crippen molar-refractivity contribution in [1.82, 2.24) is 0 Å². The van der Waals surface area contributed by atoms with E-state index in [4.69, 9.17) is 20.3 Å². The maximum absolute atomic E-state index is 13.2. The van der Waals surface area contributed by atoms with E-state index in [-0.39, 0.29) is 10.8 Å². The molecular weight excluding hydrogens is 391 g/mol. The van der Waals surface area contributed by atoms with Crippen molar-refractivity contribution in [3.05, 3.63) is 57.6 Å². The lowest BCUT2D eigenvalue weighted by Gasteiger charge is -2.31. The van der Waals surface area contributed by atoms with Crippen molar-refractivity contribution in [2.45, 2.75) is 72.6 Å². The molecule has 2 aromatic rings. The van der Waals surface area contributed by atoms with E-state index in [1.54, 1.807) is 0 Å². The third-order valence-electron chi connectivity index (χ3n) is 5.02. The first-order valence-corrected chi connectivity index (χ1v) is 12.1. The number of hydrogen-bond donors (Lipinski definition) is 0. The second-order valence-electron chi connectivity index (χ2n) is 9.89. The molecule has 0 N–H and O–H groups in total. The topological polar surface area (TPSA) is 35.5 Å². The van der Waals surface area contributed by atoms with Gasteiger partial charge < -0.3 is 9.05 Å². The Hall–Kier alpha value is -1.44. The predicted octanol–water partition coefficient (Wildman–Crippen LogP) is 7.61. The Bertz CT molecular complexity index is 905. The van der Waals surface area contributed by atoms with Crippen LogP contribution in [0.2, 0.25) is 0 Å². The number of halogens is 1. The molecule has 0 amide bonds. The maximum atomic E-state index is 13.2. The summed E-state index contributed by atoms with van der Waals surface area (Å²) >= 11 is 6.34. The van der Waals surface area contributed by atoms with Gasteiger partial charge >= 0.3 is 6.95 Å². The highest BCUT2D eigenvalue weighted by atomic mass is 35.7. The van der Waals surface area contributed by atoms with Crippen LogP contribution in [0, 0.1) is 13.8 Å². The van der Waals surface area contributed by atoms with Crippen molar-refractivity contribution in [1.29, 1.82) is 0 Å². The quantitative estimate of drug-likeness (QED) is 0.411. The summed E-state index contributed by atoms with van der Waals surface area (Å²) in [4.78, 5) is 0. The molecule has 0 radical (unpaired) electrons. The van der Waals surface area contributed by atoms with Gasteiger partial charge in [0.2, 0.25) is 0 Å². The summed E-state index contributed by atoms with van der Waals surface area (Å²) in [5.41, 5.74) is 5.86. The molecule has 5 heteroatoms. The van der Waals surface area contributed by atoms with Crippen molar-refractivity contribution < 1.29 is 13.6 Å². The van der Waals surface area contributed by atoms with Gasteiger partial charge in [-0.3, -0.25) is 0 Å². The molecule has 3 nitrogen and oxygen atoms in total. The zero-order chi connectivity index (χ0) is 21.1. The minimum absolute atomic E-state index is 0.182. The van der Waals surface area contributed by atoms with Gasteiger partial charge in [-0.05, 0) is 35.8 Å². The molecule has 0 spiro atoms. The summed E-state index contributed by atoms with van der Waals surface area (Å²) in [7, 11) is 0. The van der Waals surface area contributed by atoms with Crippen LogP contribution in [0.4, 0.5) is 0 Å². The zero-order valence-corrected chi connectivity index (χ0v) is 19.7. The molecule has 3 rings (SSSR count). The van der Waals surface area contributed by atoms with Crippen molar-refractivity contribution in [2.24, 2.45) is 0 Å². The van der Waals surface area contributed by atoms with Crippen molar-refractivity contribution in [2.75, 3.05) is 0 Å². The average molecular weight is 421 g/mol. The zero-order valence-electron chi connectivity index (χ0n) is 18.1. The maximum Gasteiger partial charge on any atom is 0.530 e. The van der Waals surface area contributed by atoms with Crippen LogP contribution in [0.25, 0.3) is 0 Å². The average Bonchev–Trinajstić information content (AvgIpc) is 2.48. The normalized spacial score (nSPS) is 16.2. The SMILES string of the molecule is Cc1cc2c(c(C(C)(C)C)c1)OP(=O)(Cl)Oc1c(cc(C)cc1C(C)(C)C)C2. The minimum atomic E-state index is -3.87. The van der Waals surface area contributed by atoms with Crippen LogP contribution >= 0.6 is 18.2 Å². The molecule has 0 bridgehead atoms. The summed E-state index contributed by atoms with van der Waals surface area (Å²) in [5.74, 6) is 1.17. The highest BCUT2D eigenvalue weighted by Gasteiger charge is 2.36. The molecule has 152 valence electrons. The number of benzene rings is 2. The highest BCUT2D eigenvalue weighted by molar-refractivity contribution is 7.82. The van der Waals surface area contributed by atoms with Crippen LogP contribution in [0.1, 0.15) is 74.9 Å². The van der Waals surface area contributed by atoms with Crippen LogP contribution in [0.15, 0.2) is 24.3 Å². The molecule has 0 unspecified atom stereocenters. The summed E-state index contributed by atoms with van der Waals surface area (Å²) in [6, 6.07) is 8.34. The Balaban J connectivity index is 2.33. The Labute approximate surface area is 173 Å². The second-order valence-corrected chi connectivity index (χ2v) is 12.4. The first kappa shape index (κ1) is 21.3. The van der Waals surface area contributed by atoms with Crippen molar-refractivity contribution in [3.8, 4) is 11.5 Å². The van der Waals surface area contributed by atoms with Crippen molar-refractivity contribution >= 4 is 18.2 Å². The fraction of sp³-hybridized carbons (Fsp3) is 0.478. The minimum Gasteiger partial charge on any atom is -0.404 e. The Kier molecular flexibility index (Phi) is 5.18. The molecular formula is C23H30ClO3P. The smallest absolute Gasteiger partial charge is 0.404 e. The van der Waals surface area contributed by atoms with Crippen LogP contribution < -0.4 is 9.05 Å². The molecule has 0 atom stereocenters. The second kappa shape index (κ2) is 6.82. The number of hydrogen-bond acceptors (Lipinski definition) is 3. The monoisotopic (exact) mass is 420 g/mol. The number of rotatable bonds is 0. The van der Waals surface area contributed by atoms with Gasteiger partial charge in [-0.25, -0.2) is 4.57 Å². The molecule has 28 heavy (non-hydrogen) atoms. The van der Waals surface area contributed by atoms with Gasteiger partial charge in [0.25, 0.3) is 0 Å².